The fourth-order valence-electron chi connectivity index (χ4n) is 1.46. The Morgan fingerprint density at radius 2 is 2.11 bits per heavy atom. The minimum absolute atomic E-state index is 0.0465. The summed E-state index contributed by atoms with van der Waals surface area (Å²) < 4.78 is 44.4. The maximum absolute atomic E-state index is 12.5. The number of fused-ring (bicyclic) bond motifs is 1. The Balaban J connectivity index is 2.46. The van der Waals surface area contributed by atoms with Gasteiger partial charge in [0.2, 0.25) is 5.88 Å². The zero-order valence-corrected chi connectivity index (χ0v) is 11.7. The third kappa shape index (κ3) is 2.38. The van der Waals surface area contributed by atoms with E-state index in [0.717, 1.165) is 6.92 Å². The Morgan fingerprint density at radius 1 is 1.44 bits per heavy atom. The van der Waals surface area contributed by atoms with E-state index < -0.39 is 12.3 Å². The molecule has 0 aliphatic carbocycles. The molecule has 2 aromatic heterocycles. The minimum Gasteiger partial charge on any atom is -0.464 e. The van der Waals surface area contributed by atoms with Gasteiger partial charge in [-0.05, 0) is 35.6 Å². The predicted octanol–water partition coefficient (Wildman–Crippen LogP) is 2.90. The lowest BCUT2D eigenvalue weighted by atomic mass is 10.3. The second kappa shape index (κ2) is 4.56. The first-order chi connectivity index (χ1) is 8.30. The van der Waals surface area contributed by atoms with E-state index in [1.54, 1.807) is 17.8 Å². The van der Waals surface area contributed by atoms with Crippen molar-refractivity contribution in [3.8, 4) is 5.88 Å². The number of hydrogen-bond donors (Lipinski definition) is 0. The van der Waals surface area contributed by atoms with Gasteiger partial charge in [0.1, 0.15) is 3.70 Å². The lowest BCUT2D eigenvalue weighted by molar-refractivity contribution is -0.189. The summed E-state index contributed by atoms with van der Waals surface area (Å²) >= 11 is 1.94. The largest absolute Gasteiger partial charge is 0.464 e. The highest BCUT2D eigenvalue weighted by Gasteiger charge is 2.38. The van der Waals surface area contributed by atoms with E-state index in [1.807, 2.05) is 22.6 Å². The summed E-state index contributed by atoms with van der Waals surface area (Å²) in [5.74, 6) is -0.0465. The molecule has 2 aromatic rings. The first-order valence-electron chi connectivity index (χ1n) is 5.01. The molecule has 18 heavy (non-hydrogen) atoms. The van der Waals surface area contributed by atoms with Crippen LogP contribution in [-0.4, -0.2) is 27.0 Å². The number of pyridine rings is 1. The minimum atomic E-state index is -4.42. The maximum atomic E-state index is 12.5. The molecule has 0 saturated carbocycles. The summed E-state index contributed by atoms with van der Waals surface area (Å²) in [5.41, 5.74) is 0.679. The first kappa shape index (κ1) is 13.4. The number of aryl methyl sites for hydroxylation is 1. The molecule has 2 heterocycles. The average molecular weight is 371 g/mol. The highest BCUT2D eigenvalue weighted by atomic mass is 127. The van der Waals surface area contributed by atoms with Crippen LogP contribution in [0.1, 0.15) is 6.92 Å². The molecule has 0 amide bonds. The van der Waals surface area contributed by atoms with Crippen molar-refractivity contribution in [3.05, 3.63) is 16.0 Å². The van der Waals surface area contributed by atoms with Gasteiger partial charge in [0, 0.05) is 13.2 Å². The molecule has 0 spiro atoms. The normalized spacial score (nSPS) is 13.9. The lowest BCUT2D eigenvalue weighted by Crippen LogP contribution is -2.31. The smallest absolute Gasteiger partial charge is 0.425 e. The van der Waals surface area contributed by atoms with Gasteiger partial charge in [-0.3, -0.25) is 4.68 Å². The molecule has 2 rings (SSSR count). The highest BCUT2D eigenvalue weighted by Crippen LogP contribution is 2.30. The fourth-order valence-corrected chi connectivity index (χ4v) is 2.29. The highest BCUT2D eigenvalue weighted by molar-refractivity contribution is 14.1. The predicted molar refractivity (Wildman–Crippen MR) is 67.4 cm³/mol. The van der Waals surface area contributed by atoms with Gasteiger partial charge in [0.15, 0.2) is 6.10 Å². The lowest BCUT2D eigenvalue weighted by Gasteiger charge is -2.17. The van der Waals surface area contributed by atoms with E-state index in [4.69, 9.17) is 4.74 Å². The first-order valence-corrected chi connectivity index (χ1v) is 6.09. The number of nitrogens with zero attached hydrogens (tertiary/aromatic N) is 3. The summed E-state index contributed by atoms with van der Waals surface area (Å²) in [5, 5.41) is 4.62. The molecule has 98 valence electrons. The van der Waals surface area contributed by atoms with Crippen LogP contribution in [0, 0.1) is 3.70 Å². The molecule has 0 fully saturated rings. The Labute approximate surface area is 114 Å². The van der Waals surface area contributed by atoms with Gasteiger partial charge in [0.05, 0.1) is 10.9 Å². The second-order valence-corrected chi connectivity index (χ2v) is 4.75. The van der Waals surface area contributed by atoms with Crippen LogP contribution in [0.25, 0.3) is 10.9 Å². The van der Waals surface area contributed by atoms with Gasteiger partial charge >= 0.3 is 6.18 Å². The number of rotatable bonds is 2. The van der Waals surface area contributed by atoms with Crippen LogP contribution in [0.3, 0.4) is 0 Å². The number of aromatic nitrogens is 3. The van der Waals surface area contributed by atoms with Crippen molar-refractivity contribution >= 4 is 33.5 Å². The van der Waals surface area contributed by atoms with Gasteiger partial charge in [-0.15, -0.1) is 0 Å². The standard InChI is InChI=1S/C10H9F3IN3O/c1-5(10(11,12)13)18-9-7-6(3-4-15-9)17(2)16-8(7)14/h3-5H,1-2H3. The van der Waals surface area contributed by atoms with E-state index >= 15 is 0 Å². The van der Waals surface area contributed by atoms with E-state index in [2.05, 4.69) is 10.1 Å². The molecule has 0 saturated heterocycles. The summed E-state index contributed by atoms with van der Waals surface area (Å²) in [4.78, 5) is 3.85. The summed E-state index contributed by atoms with van der Waals surface area (Å²) in [7, 11) is 1.71. The van der Waals surface area contributed by atoms with Crippen LogP contribution >= 0.6 is 22.6 Å². The van der Waals surface area contributed by atoms with Crippen LogP contribution in [0.15, 0.2) is 12.3 Å². The average Bonchev–Trinajstić information content (AvgIpc) is 2.54. The van der Waals surface area contributed by atoms with Gasteiger partial charge in [-0.1, -0.05) is 0 Å². The third-order valence-corrected chi connectivity index (χ3v) is 3.19. The van der Waals surface area contributed by atoms with Crippen LogP contribution in [-0.2, 0) is 7.05 Å². The van der Waals surface area contributed by atoms with Crippen molar-refractivity contribution < 1.29 is 17.9 Å². The van der Waals surface area contributed by atoms with Gasteiger partial charge in [0.25, 0.3) is 0 Å². The number of ether oxygens (including phenoxy) is 1. The Hall–Kier alpha value is -1.06. The molecule has 1 unspecified atom stereocenters. The van der Waals surface area contributed by atoms with Crippen molar-refractivity contribution in [1.82, 2.24) is 14.8 Å². The summed E-state index contributed by atoms with van der Waals surface area (Å²) in [6.07, 6.45) is -4.93. The SMILES string of the molecule is CC(Oc1nccc2c1c(I)nn2C)C(F)(F)F. The molecular formula is C10H9F3IN3O. The van der Waals surface area contributed by atoms with E-state index in [1.165, 1.54) is 6.20 Å². The second-order valence-electron chi connectivity index (χ2n) is 3.73. The molecule has 0 bridgehead atoms. The molecule has 0 N–H and O–H groups in total. The van der Waals surface area contributed by atoms with Crippen molar-refractivity contribution in [2.24, 2.45) is 7.05 Å². The zero-order chi connectivity index (χ0) is 13.5. The van der Waals surface area contributed by atoms with Gasteiger partial charge in [-0.25, -0.2) is 4.98 Å². The van der Waals surface area contributed by atoms with Crippen LogP contribution in [0.4, 0.5) is 13.2 Å². The number of halogens is 4. The van der Waals surface area contributed by atoms with Crippen molar-refractivity contribution in [1.29, 1.82) is 0 Å². The molecule has 1 atom stereocenters. The Bertz CT molecular complexity index is 581. The van der Waals surface area contributed by atoms with Gasteiger partial charge < -0.3 is 4.74 Å². The van der Waals surface area contributed by atoms with E-state index in [9.17, 15) is 13.2 Å². The molecular weight excluding hydrogens is 362 g/mol. The summed E-state index contributed by atoms with van der Waals surface area (Å²) in [6.45, 7) is 0.948. The van der Waals surface area contributed by atoms with Crippen LogP contribution < -0.4 is 4.74 Å². The van der Waals surface area contributed by atoms with E-state index in [-0.39, 0.29) is 5.88 Å². The number of hydrogen-bond acceptors (Lipinski definition) is 3. The van der Waals surface area contributed by atoms with Crippen LogP contribution in [0.5, 0.6) is 5.88 Å². The van der Waals surface area contributed by atoms with E-state index in [0.29, 0.717) is 14.6 Å². The molecule has 0 aliphatic rings. The zero-order valence-electron chi connectivity index (χ0n) is 9.49. The molecule has 4 nitrogen and oxygen atoms in total. The maximum Gasteiger partial charge on any atom is 0.425 e. The van der Waals surface area contributed by atoms with Crippen molar-refractivity contribution in [2.75, 3.05) is 0 Å². The Kier molecular flexibility index (Phi) is 3.39. The van der Waals surface area contributed by atoms with Gasteiger partial charge in [-0.2, -0.15) is 18.3 Å². The third-order valence-electron chi connectivity index (χ3n) is 2.44. The molecule has 0 radical (unpaired) electrons. The fraction of sp³-hybridized carbons (Fsp3) is 0.400. The quantitative estimate of drug-likeness (QED) is 0.763. The van der Waals surface area contributed by atoms with Crippen LogP contribution in [0.2, 0.25) is 0 Å². The Morgan fingerprint density at radius 3 is 2.72 bits per heavy atom. The molecule has 0 aliphatic heterocycles. The number of alkyl halides is 3. The topological polar surface area (TPSA) is 39.9 Å². The van der Waals surface area contributed by atoms with Crippen molar-refractivity contribution in [2.45, 2.75) is 19.2 Å². The molecule has 8 heteroatoms. The molecule has 0 aromatic carbocycles. The summed E-state index contributed by atoms with van der Waals surface area (Å²) in [6, 6.07) is 1.68. The van der Waals surface area contributed by atoms with Crippen molar-refractivity contribution in [3.63, 3.8) is 0 Å². The monoisotopic (exact) mass is 371 g/mol.